The second-order valence-corrected chi connectivity index (χ2v) is 5.08. The molecule has 0 unspecified atom stereocenters. The topological polar surface area (TPSA) is 83.8 Å². The van der Waals surface area contributed by atoms with Crippen LogP contribution in [0.25, 0.3) is 0 Å². The number of H-pyrrole nitrogens is 1. The Bertz CT molecular complexity index is 626. The molecule has 1 aromatic carbocycles. The van der Waals surface area contributed by atoms with Crippen LogP contribution in [-0.2, 0) is 6.54 Å². The minimum Gasteiger partial charge on any atom is -0.365 e. The second-order valence-electron chi connectivity index (χ2n) is 4.00. The average Bonchev–Trinajstić information content (AvgIpc) is 2.72. The van der Waals surface area contributed by atoms with Crippen LogP contribution < -0.4 is 11.1 Å². The maximum Gasteiger partial charge on any atom is 0.254 e. The van der Waals surface area contributed by atoms with Gasteiger partial charge in [0.25, 0.3) is 5.91 Å². The van der Waals surface area contributed by atoms with Crippen molar-refractivity contribution in [3.8, 4) is 0 Å². The number of halogens is 2. The van der Waals surface area contributed by atoms with Crippen molar-refractivity contribution < 1.29 is 9.18 Å². The van der Waals surface area contributed by atoms with Gasteiger partial charge in [-0.1, -0.05) is 12.1 Å². The van der Waals surface area contributed by atoms with Gasteiger partial charge in [0.15, 0.2) is 5.82 Å². The van der Waals surface area contributed by atoms with Crippen molar-refractivity contribution in [1.82, 2.24) is 10.2 Å². The lowest BCUT2D eigenvalue weighted by Gasteiger charge is -2.07. The number of nitrogens with zero attached hydrogens (tertiary/aromatic N) is 1. The number of rotatable bonds is 4. The van der Waals surface area contributed by atoms with Gasteiger partial charge < -0.3 is 11.1 Å². The summed E-state index contributed by atoms with van der Waals surface area (Å²) in [6.07, 6.45) is 0. The smallest absolute Gasteiger partial charge is 0.254 e. The summed E-state index contributed by atoms with van der Waals surface area (Å²) in [5, 5.41) is 9.65. The van der Waals surface area contributed by atoms with E-state index in [1.54, 1.807) is 19.1 Å². The quantitative estimate of drug-likeness (QED) is 0.718. The van der Waals surface area contributed by atoms with Crippen LogP contribution in [0, 0.1) is 16.3 Å². The molecular weight excluding hydrogens is 362 g/mol. The van der Waals surface area contributed by atoms with Crippen molar-refractivity contribution in [2.75, 3.05) is 5.32 Å². The number of aryl methyl sites for hydroxylation is 1. The molecule has 2 aromatic rings. The molecule has 0 aliphatic carbocycles. The molecule has 7 heteroatoms. The summed E-state index contributed by atoms with van der Waals surface area (Å²) in [6.45, 7) is 2.07. The number of aromatic nitrogens is 2. The highest BCUT2D eigenvalue weighted by molar-refractivity contribution is 14.1. The van der Waals surface area contributed by atoms with Crippen LogP contribution in [0.1, 0.15) is 21.6 Å². The molecule has 0 aliphatic rings. The maximum atomic E-state index is 13.4. The van der Waals surface area contributed by atoms with E-state index >= 15 is 0 Å². The van der Waals surface area contributed by atoms with Gasteiger partial charge in [-0.25, -0.2) is 4.39 Å². The Hall–Kier alpha value is -1.64. The second kappa shape index (κ2) is 5.55. The summed E-state index contributed by atoms with van der Waals surface area (Å²) in [7, 11) is 0. The van der Waals surface area contributed by atoms with Gasteiger partial charge in [-0.05, 0) is 41.1 Å². The molecule has 1 heterocycles. The van der Waals surface area contributed by atoms with Crippen molar-refractivity contribution in [3.63, 3.8) is 0 Å². The molecule has 0 atom stereocenters. The summed E-state index contributed by atoms with van der Waals surface area (Å²) in [4.78, 5) is 11.3. The van der Waals surface area contributed by atoms with Crippen molar-refractivity contribution in [1.29, 1.82) is 0 Å². The van der Waals surface area contributed by atoms with Crippen molar-refractivity contribution in [2.24, 2.45) is 5.73 Å². The zero-order chi connectivity index (χ0) is 14.0. The normalized spacial score (nSPS) is 10.5. The lowest BCUT2D eigenvalue weighted by Crippen LogP contribution is -2.14. The average molecular weight is 374 g/mol. The number of carbonyl (C=O) groups excluding carboxylic acids is 1. The molecule has 1 aromatic heterocycles. The SMILES string of the molecule is Cc1[nH]nc(NCc2cccc(F)c2I)c1C(N)=O. The van der Waals surface area contributed by atoms with E-state index in [1.807, 2.05) is 22.6 Å². The van der Waals surface area contributed by atoms with E-state index < -0.39 is 5.91 Å². The number of anilines is 1. The third kappa shape index (κ3) is 2.86. The molecule has 100 valence electrons. The third-order valence-electron chi connectivity index (χ3n) is 2.67. The molecule has 4 N–H and O–H groups in total. The number of nitrogens with two attached hydrogens (primary N) is 1. The van der Waals surface area contributed by atoms with E-state index in [1.165, 1.54) is 6.07 Å². The molecule has 0 radical (unpaired) electrons. The van der Waals surface area contributed by atoms with E-state index in [4.69, 9.17) is 5.73 Å². The minimum absolute atomic E-state index is 0.270. The van der Waals surface area contributed by atoms with Gasteiger partial charge >= 0.3 is 0 Å². The Kier molecular flexibility index (Phi) is 4.03. The van der Waals surface area contributed by atoms with Crippen LogP contribution in [0.5, 0.6) is 0 Å². The molecule has 0 aliphatic heterocycles. The molecule has 0 spiro atoms. The van der Waals surface area contributed by atoms with Crippen molar-refractivity contribution in [3.05, 3.63) is 44.4 Å². The maximum absolute atomic E-state index is 13.4. The largest absolute Gasteiger partial charge is 0.365 e. The highest BCUT2D eigenvalue weighted by Crippen LogP contribution is 2.19. The predicted octanol–water partition coefficient (Wildman–Crippen LogP) is 2.17. The zero-order valence-electron chi connectivity index (χ0n) is 10.1. The van der Waals surface area contributed by atoms with E-state index in [2.05, 4.69) is 15.5 Å². The van der Waals surface area contributed by atoms with Gasteiger partial charge in [-0.3, -0.25) is 9.89 Å². The van der Waals surface area contributed by atoms with E-state index in [9.17, 15) is 9.18 Å². The highest BCUT2D eigenvalue weighted by Gasteiger charge is 2.15. The Morgan fingerprint density at radius 2 is 2.32 bits per heavy atom. The van der Waals surface area contributed by atoms with Crippen LogP contribution in [0.3, 0.4) is 0 Å². The number of hydrogen-bond donors (Lipinski definition) is 3. The van der Waals surface area contributed by atoms with E-state index in [0.29, 0.717) is 27.2 Å². The standard InChI is InChI=1S/C12H12FIN4O/c1-6-9(11(15)19)12(18-17-6)16-5-7-3-2-4-8(13)10(7)14/h2-4H,5H2,1H3,(H2,15,19)(H2,16,17,18). The van der Waals surface area contributed by atoms with Crippen LogP contribution >= 0.6 is 22.6 Å². The van der Waals surface area contributed by atoms with E-state index in [0.717, 1.165) is 5.56 Å². The fourth-order valence-electron chi connectivity index (χ4n) is 1.72. The van der Waals surface area contributed by atoms with E-state index in [-0.39, 0.29) is 5.82 Å². The summed E-state index contributed by atoms with van der Waals surface area (Å²) in [5.41, 5.74) is 7.00. The fourth-order valence-corrected chi connectivity index (χ4v) is 2.27. The van der Waals surface area contributed by atoms with Gasteiger partial charge in [0.1, 0.15) is 11.4 Å². The first-order valence-corrected chi connectivity index (χ1v) is 6.60. The number of carbonyl (C=O) groups is 1. The fraction of sp³-hybridized carbons (Fsp3) is 0.167. The molecular formula is C12H12FIN4O. The Morgan fingerprint density at radius 1 is 1.58 bits per heavy atom. The number of nitrogens with one attached hydrogen (secondary N) is 2. The van der Waals surface area contributed by atoms with Gasteiger partial charge in [0.2, 0.25) is 0 Å². The van der Waals surface area contributed by atoms with Crippen LogP contribution in [0.2, 0.25) is 0 Å². The molecule has 1 amide bonds. The Labute approximate surface area is 122 Å². The number of aromatic amines is 1. The van der Waals surface area contributed by atoms with Gasteiger partial charge in [-0.2, -0.15) is 5.10 Å². The highest BCUT2D eigenvalue weighted by atomic mass is 127. The molecule has 5 nitrogen and oxygen atoms in total. The first kappa shape index (κ1) is 13.8. The van der Waals surface area contributed by atoms with Crippen LogP contribution in [-0.4, -0.2) is 16.1 Å². The number of primary amides is 1. The lowest BCUT2D eigenvalue weighted by atomic mass is 10.2. The number of benzene rings is 1. The van der Waals surface area contributed by atoms with Crippen LogP contribution in [0.15, 0.2) is 18.2 Å². The number of amides is 1. The van der Waals surface area contributed by atoms with Gasteiger partial charge in [-0.15, -0.1) is 0 Å². The molecule has 0 bridgehead atoms. The summed E-state index contributed by atoms with van der Waals surface area (Å²) in [6, 6.07) is 4.85. The Morgan fingerprint density at radius 3 is 3.00 bits per heavy atom. The monoisotopic (exact) mass is 374 g/mol. The third-order valence-corrected chi connectivity index (χ3v) is 3.88. The molecule has 19 heavy (non-hydrogen) atoms. The van der Waals surface area contributed by atoms with Crippen molar-refractivity contribution in [2.45, 2.75) is 13.5 Å². The van der Waals surface area contributed by atoms with Gasteiger partial charge in [0.05, 0.1) is 3.57 Å². The van der Waals surface area contributed by atoms with Crippen molar-refractivity contribution >= 4 is 34.3 Å². The summed E-state index contributed by atoms with van der Waals surface area (Å²) in [5.74, 6) is -0.444. The first-order chi connectivity index (χ1) is 9.00. The number of hydrogen-bond acceptors (Lipinski definition) is 3. The summed E-state index contributed by atoms with van der Waals surface area (Å²) >= 11 is 1.94. The minimum atomic E-state index is -0.553. The first-order valence-electron chi connectivity index (χ1n) is 5.52. The van der Waals surface area contributed by atoms with Crippen LogP contribution in [0.4, 0.5) is 10.2 Å². The van der Waals surface area contributed by atoms with Gasteiger partial charge in [0, 0.05) is 12.2 Å². The molecule has 0 fully saturated rings. The molecule has 0 saturated carbocycles. The molecule has 0 saturated heterocycles. The zero-order valence-corrected chi connectivity index (χ0v) is 12.3. The lowest BCUT2D eigenvalue weighted by molar-refractivity contribution is 0.100. The predicted molar refractivity (Wildman–Crippen MR) is 78.3 cm³/mol. The summed E-state index contributed by atoms with van der Waals surface area (Å²) < 4.78 is 13.9. The Balaban J connectivity index is 2.19. The molecule has 2 rings (SSSR count).